The molecular formula is C14H18ClN5S2. The first kappa shape index (κ1) is 17.1. The molecule has 5 nitrogen and oxygen atoms in total. The topological polar surface area (TPSA) is 54.8 Å². The van der Waals surface area contributed by atoms with Crippen molar-refractivity contribution in [3.05, 3.63) is 41.2 Å². The summed E-state index contributed by atoms with van der Waals surface area (Å²) in [6, 6.07) is 7.77. The highest BCUT2D eigenvalue weighted by molar-refractivity contribution is 7.98. The van der Waals surface area contributed by atoms with Crippen molar-refractivity contribution in [2.45, 2.75) is 30.7 Å². The molecule has 0 unspecified atom stereocenters. The highest BCUT2D eigenvalue weighted by Gasteiger charge is 2.07. The van der Waals surface area contributed by atoms with Crippen molar-refractivity contribution in [2.75, 3.05) is 12.0 Å². The largest absolute Gasteiger partial charge is 0.361 e. The molecule has 22 heavy (non-hydrogen) atoms. The normalized spacial score (nSPS) is 10.5. The zero-order chi connectivity index (χ0) is 15.8. The first-order valence-electron chi connectivity index (χ1n) is 7.01. The lowest BCUT2D eigenvalue weighted by atomic mass is 10.2. The van der Waals surface area contributed by atoms with Crippen molar-refractivity contribution >= 4 is 40.7 Å². The maximum atomic E-state index is 5.88. The van der Waals surface area contributed by atoms with Gasteiger partial charge in [-0.05, 0) is 36.3 Å². The molecule has 2 aromatic rings. The number of benzene rings is 1. The first-order chi connectivity index (χ1) is 10.7. The maximum Gasteiger partial charge on any atom is 0.210 e. The average Bonchev–Trinajstić information content (AvgIpc) is 2.94. The van der Waals surface area contributed by atoms with Gasteiger partial charge in [0.15, 0.2) is 5.11 Å². The molecule has 0 aliphatic rings. The summed E-state index contributed by atoms with van der Waals surface area (Å²) in [6.07, 6.45) is 3.82. The molecule has 2 N–H and O–H groups in total. The highest BCUT2D eigenvalue weighted by atomic mass is 35.5. The molecule has 0 aliphatic heterocycles. The van der Waals surface area contributed by atoms with Crippen LogP contribution in [0.2, 0.25) is 5.02 Å². The Balaban J connectivity index is 1.86. The van der Waals surface area contributed by atoms with E-state index in [0.29, 0.717) is 5.11 Å². The van der Waals surface area contributed by atoms with Crippen LogP contribution in [0, 0.1) is 0 Å². The zero-order valence-electron chi connectivity index (χ0n) is 12.3. The summed E-state index contributed by atoms with van der Waals surface area (Å²) in [6.45, 7) is 3.00. The Bertz CT molecular complexity index is 600. The average molecular weight is 356 g/mol. The number of nitrogens with one attached hydrogen (secondary N) is 2. The minimum atomic E-state index is 0.571. The van der Waals surface area contributed by atoms with Gasteiger partial charge in [-0.25, -0.2) is 4.68 Å². The van der Waals surface area contributed by atoms with Crippen LogP contribution in [0.15, 0.2) is 35.7 Å². The van der Waals surface area contributed by atoms with E-state index < -0.39 is 0 Å². The molecular weight excluding hydrogens is 338 g/mol. The van der Waals surface area contributed by atoms with Gasteiger partial charge in [-0.15, -0.1) is 10.2 Å². The number of rotatable bonds is 7. The Kier molecular flexibility index (Phi) is 6.95. The van der Waals surface area contributed by atoms with E-state index in [4.69, 9.17) is 23.8 Å². The second-order valence-corrected chi connectivity index (χ2v) is 6.41. The van der Waals surface area contributed by atoms with Gasteiger partial charge < -0.3 is 5.32 Å². The summed E-state index contributed by atoms with van der Waals surface area (Å²) < 4.78 is 1.72. The number of halogens is 1. The molecule has 118 valence electrons. The van der Waals surface area contributed by atoms with Gasteiger partial charge in [0.2, 0.25) is 5.16 Å². The second-order valence-electron chi connectivity index (χ2n) is 4.62. The van der Waals surface area contributed by atoms with Gasteiger partial charge in [0.05, 0.1) is 0 Å². The summed E-state index contributed by atoms with van der Waals surface area (Å²) in [5, 5.41) is 13.2. The summed E-state index contributed by atoms with van der Waals surface area (Å²) in [4.78, 5) is 0. The molecule has 1 heterocycles. The minimum Gasteiger partial charge on any atom is -0.361 e. The van der Waals surface area contributed by atoms with E-state index in [2.05, 4.69) is 27.9 Å². The molecule has 0 bridgehead atoms. The van der Waals surface area contributed by atoms with Crippen LogP contribution in [0.1, 0.15) is 25.3 Å². The number of hydrogen-bond donors (Lipinski definition) is 2. The SMILES string of the molecule is CCCCNC(=S)Nn1cnnc1SCc1ccc(Cl)cc1. The van der Waals surface area contributed by atoms with E-state index in [0.717, 1.165) is 35.3 Å². The Labute approximate surface area is 144 Å². The highest BCUT2D eigenvalue weighted by Crippen LogP contribution is 2.21. The fourth-order valence-corrected chi connectivity index (χ4v) is 2.81. The van der Waals surface area contributed by atoms with E-state index >= 15 is 0 Å². The molecule has 0 amide bonds. The smallest absolute Gasteiger partial charge is 0.210 e. The molecule has 0 atom stereocenters. The molecule has 0 spiro atoms. The third-order valence-electron chi connectivity index (χ3n) is 2.84. The fraction of sp³-hybridized carbons (Fsp3) is 0.357. The lowest BCUT2D eigenvalue weighted by Crippen LogP contribution is -2.34. The van der Waals surface area contributed by atoms with Crippen molar-refractivity contribution in [2.24, 2.45) is 0 Å². The van der Waals surface area contributed by atoms with Gasteiger partial charge in [-0.2, -0.15) is 0 Å². The van der Waals surface area contributed by atoms with Crippen LogP contribution in [0.4, 0.5) is 0 Å². The van der Waals surface area contributed by atoms with Crippen LogP contribution in [0.5, 0.6) is 0 Å². The Morgan fingerprint density at radius 3 is 2.86 bits per heavy atom. The second kappa shape index (κ2) is 8.97. The van der Waals surface area contributed by atoms with Crippen LogP contribution >= 0.6 is 35.6 Å². The molecule has 2 rings (SSSR count). The van der Waals surface area contributed by atoms with Gasteiger partial charge in [0, 0.05) is 17.3 Å². The minimum absolute atomic E-state index is 0.571. The molecule has 8 heteroatoms. The van der Waals surface area contributed by atoms with Gasteiger partial charge in [0.25, 0.3) is 0 Å². The Morgan fingerprint density at radius 1 is 1.36 bits per heavy atom. The molecule has 0 saturated carbocycles. The van der Waals surface area contributed by atoms with Crippen molar-refractivity contribution in [1.29, 1.82) is 0 Å². The number of aromatic nitrogens is 3. The van der Waals surface area contributed by atoms with Crippen molar-refractivity contribution < 1.29 is 0 Å². The third kappa shape index (κ3) is 5.47. The number of unbranched alkanes of at least 4 members (excludes halogenated alkanes) is 1. The Morgan fingerprint density at radius 2 is 2.14 bits per heavy atom. The fourth-order valence-electron chi connectivity index (χ4n) is 1.66. The standard InChI is InChI=1S/C14H18ClN5S2/c1-2-3-8-16-13(21)19-20-10-17-18-14(20)22-9-11-4-6-12(15)7-5-11/h4-7,10H,2-3,8-9H2,1H3,(H2,16,19,21). The summed E-state index contributed by atoms with van der Waals surface area (Å²) in [7, 11) is 0. The van der Waals surface area contributed by atoms with E-state index in [1.807, 2.05) is 24.3 Å². The lowest BCUT2D eigenvalue weighted by molar-refractivity contribution is 0.746. The van der Waals surface area contributed by atoms with Crippen LogP contribution in [-0.4, -0.2) is 26.5 Å². The number of thioether (sulfide) groups is 1. The van der Waals surface area contributed by atoms with E-state index in [9.17, 15) is 0 Å². The molecule has 1 aromatic carbocycles. The molecule has 1 aromatic heterocycles. The quantitative estimate of drug-likeness (QED) is 0.451. The first-order valence-corrected chi connectivity index (χ1v) is 8.78. The van der Waals surface area contributed by atoms with E-state index in [1.165, 1.54) is 5.56 Å². The third-order valence-corrected chi connectivity index (χ3v) is 4.34. The Hall–Kier alpha value is -1.31. The summed E-state index contributed by atoms with van der Waals surface area (Å²) in [5.74, 6) is 0.785. The van der Waals surface area contributed by atoms with Crippen LogP contribution in [0.3, 0.4) is 0 Å². The van der Waals surface area contributed by atoms with Gasteiger partial charge >= 0.3 is 0 Å². The summed E-state index contributed by atoms with van der Waals surface area (Å²) in [5.41, 5.74) is 4.24. The number of thiocarbonyl (C=S) groups is 1. The van der Waals surface area contributed by atoms with Crippen molar-refractivity contribution in [3.8, 4) is 0 Å². The van der Waals surface area contributed by atoms with Crippen molar-refractivity contribution in [3.63, 3.8) is 0 Å². The van der Waals surface area contributed by atoms with E-state index in [1.54, 1.807) is 22.8 Å². The van der Waals surface area contributed by atoms with Gasteiger partial charge in [0.1, 0.15) is 6.33 Å². The molecule has 0 aliphatic carbocycles. The van der Waals surface area contributed by atoms with Gasteiger partial charge in [-0.3, -0.25) is 5.43 Å². The summed E-state index contributed by atoms with van der Waals surface area (Å²) >= 11 is 12.7. The maximum absolute atomic E-state index is 5.88. The van der Waals surface area contributed by atoms with Gasteiger partial charge in [-0.1, -0.05) is 48.8 Å². The van der Waals surface area contributed by atoms with Crippen molar-refractivity contribution in [1.82, 2.24) is 20.2 Å². The monoisotopic (exact) mass is 355 g/mol. The van der Waals surface area contributed by atoms with Crippen LogP contribution < -0.4 is 10.7 Å². The predicted molar refractivity (Wildman–Crippen MR) is 95.9 cm³/mol. The van der Waals surface area contributed by atoms with Crippen LogP contribution in [0.25, 0.3) is 0 Å². The molecule has 0 saturated heterocycles. The zero-order valence-corrected chi connectivity index (χ0v) is 14.6. The molecule has 0 fully saturated rings. The lowest BCUT2D eigenvalue weighted by Gasteiger charge is -2.11. The number of hydrogen-bond acceptors (Lipinski definition) is 4. The number of nitrogens with zero attached hydrogens (tertiary/aromatic N) is 3. The predicted octanol–water partition coefficient (Wildman–Crippen LogP) is 3.44. The molecule has 0 radical (unpaired) electrons. The van der Waals surface area contributed by atoms with E-state index in [-0.39, 0.29) is 0 Å². The van der Waals surface area contributed by atoms with Crippen LogP contribution in [-0.2, 0) is 5.75 Å².